The van der Waals surface area contributed by atoms with Gasteiger partial charge in [-0.05, 0) is 74.2 Å². The van der Waals surface area contributed by atoms with Crippen LogP contribution in [0.2, 0.25) is 5.02 Å². The fourth-order valence-electron chi connectivity index (χ4n) is 5.22. The van der Waals surface area contributed by atoms with Gasteiger partial charge in [0, 0.05) is 17.6 Å². The van der Waals surface area contributed by atoms with Crippen molar-refractivity contribution < 1.29 is 22.7 Å². The van der Waals surface area contributed by atoms with E-state index in [9.17, 15) is 18.0 Å². The molecule has 1 aliphatic carbocycles. The number of nitrogens with one attached hydrogen (secondary N) is 1. The number of carbonyl (C=O) groups is 2. The van der Waals surface area contributed by atoms with Crippen molar-refractivity contribution in [3.05, 3.63) is 89.4 Å². The van der Waals surface area contributed by atoms with Crippen LogP contribution in [0.15, 0.2) is 83.8 Å². The Labute approximate surface area is 253 Å². The zero-order valence-corrected chi connectivity index (χ0v) is 25.6. The lowest BCUT2D eigenvalue weighted by molar-refractivity contribution is -0.140. The van der Waals surface area contributed by atoms with Gasteiger partial charge in [-0.15, -0.1) is 0 Å². The van der Waals surface area contributed by atoms with Crippen molar-refractivity contribution in [3.63, 3.8) is 0 Å². The van der Waals surface area contributed by atoms with Crippen LogP contribution in [0.4, 0.5) is 5.69 Å². The van der Waals surface area contributed by atoms with Crippen molar-refractivity contribution >= 4 is 39.1 Å². The number of amides is 2. The molecule has 2 amide bonds. The molecule has 1 atom stereocenters. The number of hydrogen-bond donors (Lipinski definition) is 1. The van der Waals surface area contributed by atoms with Crippen LogP contribution < -0.4 is 14.4 Å². The van der Waals surface area contributed by atoms with Gasteiger partial charge >= 0.3 is 0 Å². The zero-order valence-electron chi connectivity index (χ0n) is 24.0. The lowest BCUT2D eigenvalue weighted by Gasteiger charge is -2.34. The molecule has 1 N–H and O–H groups in total. The summed E-state index contributed by atoms with van der Waals surface area (Å²) in [7, 11) is -4.16. The normalized spacial score (nSPS) is 14.3. The van der Waals surface area contributed by atoms with Gasteiger partial charge in [-0.3, -0.25) is 13.9 Å². The Hall–Kier alpha value is -3.56. The van der Waals surface area contributed by atoms with E-state index in [0.29, 0.717) is 35.1 Å². The SMILES string of the molecule is CCOc1ccc(S(=O)(=O)N(CC(=O)N(Cc2ccccc2Cl)[C@@H](CC)C(=O)NC2CCCC2)c2ccccc2)cc1. The summed E-state index contributed by atoms with van der Waals surface area (Å²) in [5, 5.41) is 3.57. The lowest BCUT2D eigenvalue weighted by atomic mass is 10.1. The van der Waals surface area contributed by atoms with E-state index < -0.39 is 28.5 Å². The lowest BCUT2D eigenvalue weighted by Crippen LogP contribution is -2.53. The molecule has 0 aromatic heterocycles. The number of ether oxygens (including phenoxy) is 1. The number of sulfonamides is 1. The molecule has 224 valence electrons. The number of rotatable bonds is 13. The summed E-state index contributed by atoms with van der Waals surface area (Å²) in [6.07, 6.45) is 4.27. The van der Waals surface area contributed by atoms with Crippen molar-refractivity contribution in [1.82, 2.24) is 10.2 Å². The monoisotopic (exact) mass is 611 g/mol. The third-order valence-corrected chi connectivity index (χ3v) is 9.59. The second-order valence-corrected chi connectivity index (χ2v) is 12.5. The molecule has 1 saturated carbocycles. The standard InChI is InChI=1S/C32H38ClN3O5S/c1-3-30(32(38)34-25-13-9-10-14-25)35(22-24-12-8-11-17-29(24)33)31(37)23-36(26-15-6-5-7-16-26)42(39,40)28-20-18-27(19-21-28)41-4-2/h5-8,11-12,15-21,25,30H,3-4,9-10,13-14,22-23H2,1-2H3,(H,34,38)/t30-/m0/s1. The van der Waals surface area contributed by atoms with Gasteiger partial charge in [0.2, 0.25) is 11.8 Å². The van der Waals surface area contributed by atoms with Crippen LogP contribution in [0.3, 0.4) is 0 Å². The predicted molar refractivity (Wildman–Crippen MR) is 165 cm³/mol. The van der Waals surface area contributed by atoms with Gasteiger partial charge in [-0.25, -0.2) is 8.42 Å². The van der Waals surface area contributed by atoms with Crippen molar-refractivity contribution in [3.8, 4) is 5.75 Å². The maximum absolute atomic E-state index is 14.2. The van der Waals surface area contributed by atoms with Gasteiger partial charge in [0.15, 0.2) is 0 Å². The minimum absolute atomic E-state index is 0.0197. The highest BCUT2D eigenvalue weighted by molar-refractivity contribution is 7.92. The van der Waals surface area contributed by atoms with Gasteiger partial charge in [-0.2, -0.15) is 0 Å². The molecule has 0 bridgehead atoms. The second kappa shape index (κ2) is 14.6. The van der Waals surface area contributed by atoms with Crippen LogP contribution in [0.5, 0.6) is 5.75 Å². The van der Waals surface area contributed by atoms with Crippen LogP contribution >= 0.6 is 11.6 Å². The number of nitrogens with zero attached hydrogens (tertiary/aromatic N) is 2. The molecular formula is C32H38ClN3O5S. The van der Waals surface area contributed by atoms with Crippen molar-refractivity contribution in [2.75, 3.05) is 17.5 Å². The molecule has 3 aromatic rings. The van der Waals surface area contributed by atoms with E-state index in [1.54, 1.807) is 60.7 Å². The molecule has 0 unspecified atom stereocenters. The van der Waals surface area contributed by atoms with Crippen LogP contribution in [0.25, 0.3) is 0 Å². The average molecular weight is 612 g/mol. The quantitative estimate of drug-likeness (QED) is 0.264. The fraction of sp³-hybridized carbons (Fsp3) is 0.375. The molecule has 1 aliphatic rings. The Kier molecular flexibility index (Phi) is 10.9. The van der Waals surface area contributed by atoms with Crippen LogP contribution in [0, 0.1) is 0 Å². The zero-order chi connectivity index (χ0) is 30.1. The predicted octanol–water partition coefficient (Wildman–Crippen LogP) is 5.80. The maximum atomic E-state index is 14.2. The molecule has 0 spiro atoms. The van der Waals surface area contributed by atoms with E-state index in [4.69, 9.17) is 16.3 Å². The average Bonchev–Trinajstić information content (AvgIpc) is 3.50. The molecule has 0 aliphatic heterocycles. The number of para-hydroxylation sites is 1. The number of hydrogen-bond acceptors (Lipinski definition) is 5. The van der Waals surface area contributed by atoms with E-state index >= 15 is 0 Å². The minimum Gasteiger partial charge on any atom is -0.494 e. The smallest absolute Gasteiger partial charge is 0.264 e. The third kappa shape index (κ3) is 7.63. The number of anilines is 1. The minimum atomic E-state index is -4.16. The van der Waals surface area contributed by atoms with E-state index in [-0.39, 0.29) is 23.4 Å². The second-order valence-electron chi connectivity index (χ2n) is 10.3. The first-order valence-corrected chi connectivity index (χ1v) is 16.2. The molecular weight excluding hydrogens is 574 g/mol. The van der Waals surface area contributed by atoms with Gasteiger partial charge in [-0.1, -0.05) is 67.8 Å². The highest BCUT2D eigenvalue weighted by Gasteiger charge is 2.34. The van der Waals surface area contributed by atoms with Crippen LogP contribution in [0.1, 0.15) is 51.5 Å². The van der Waals surface area contributed by atoms with Crippen molar-refractivity contribution in [1.29, 1.82) is 0 Å². The maximum Gasteiger partial charge on any atom is 0.264 e. The Bertz CT molecular complexity index is 1440. The first kappa shape index (κ1) is 31.4. The van der Waals surface area contributed by atoms with Crippen LogP contribution in [-0.4, -0.2) is 50.4 Å². The van der Waals surface area contributed by atoms with Gasteiger partial charge in [0.05, 0.1) is 17.2 Å². The summed E-state index contributed by atoms with van der Waals surface area (Å²) in [6.45, 7) is 3.69. The molecule has 0 saturated heterocycles. The Morgan fingerprint density at radius 3 is 2.21 bits per heavy atom. The molecule has 4 rings (SSSR count). The third-order valence-electron chi connectivity index (χ3n) is 7.43. The summed E-state index contributed by atoms with van der Waals surface area (Å²) in [5.41, 5.74) is 1.00. The summed E-state index contributed by atoms with van der Waals surface area (Å²) in [5.74, 6) is -0.212. The molecule has 10 heteroatoms. The Morgan fingerprint density at radius 1 is 0.952 bits per heavy atom. The summed E-state index contributed by atoms with van der Waals surface area (Å²) in [4.78, 5) is 29.2. The molecule has 0 heterocycles. The van der Waals surface area contributed by atoms with E-state index in [1.807, 2.05) is 19.9 Å². The topological polar surface area (TPSA) is 96.0 Å². The van der Waals surface area contributed by atoms with Gasteiger partial charge in [0.25, 0.3) is 10.0 Å². The summed E-state index contributed by atoms with van der Waals surface area (Å²) in [6, 6.07) is 21.0. The van der Waals surface area contributed by atoms with Crippen LogP contribution in [-0.2, 0) is 26.2 Å². The summed E-state index contributed by atoms with van der Waals surface area (Å²) >= 11 is 6.47. The molecule has 8 nitrogen and oxygen atoms in total. The van der Waals surface area contributed by atoms with E-state index in [2.05, 4.69) is 5.32 Å². The van der Waals surface area contributed by atoms with Crippen molar-refractivity contribution in [2.45, 2.75) is 69.5 Å². The largest absolute Gasteiger partial charge is 0.494 e. The highest BCUT2D eigenvalue weighted by atomic mass is 35.5. The first-order chi connectivity index (χ1) is 20.2. The van der Waals surface area contributed by atoms with Gasteiger partial charge in [0.1, 0.15) is 18.3 Å². The van der Waals surface area contributed by atoms with Crippen molar-refractivity contribution in [2.24, 2.45) is 0 Å². The Morgan fingerprint density at radius 2 is 1.60 bits per heavy atom. The fourth-order valence-corrected chi connectivity index (χ4v) is 6.83. The number of halogens is 1. The molecule has 0 radical (unpaired) electrons. The Balaban J connectivity index is 1.69. The molecule has 3 aromatic carbocycles. The number of carbonyl (C=O) groups excluding carboxylic acids is 2. The van der Waals surface area contributed by atoms with E-state index in [0.717, 1.165) is 30.0 Å². The van der Waals surface area contributed by atoms with E-state index in [1.165, 1.54) is 17.0 Å². The van der Waals surface area contributed by atoms with Gasteiger partial charge < -0.3 is 15.0 Å². The first-order valence-electron chi connectivity index (χ1n) is 14.4. The molecule has 42 heavy (non-hydrogen) atoms. The summed E-state index contributed by atoms with van der Waals surface area (Å²) < 4.78 is 34.5. The molecule has 1 fully saturated rings. The number of benzene rings is 3. The highest BCUT2D eigenvalue weighted by Crippen LogP contribution is 2.27.